The van der Waals surface area contributed by atoms with Gasteiger partial charge in [-0.25, -0.2) is 4.98 Å². The Bertz CT molecular complexity index is 1270. The zero-order chi connectivity index (χ0) is 22.5. The van der Waals surface area contributed by atoms with Crippen molar-refractivity contribution in [3.63, 3.8) is 0 Å². The van der Waals surface area contributed by atoms with Gasteiger partial charge in [0.2, 0.25) is 5.88 Å². The highest BCUT2D eigenvalue weighted by molar-refractivity contribution is 6.33. The zero-order valence-electron chi connectivity index (χ0n) is 17.2. The molecule has 4 rings (SSSR count). The van der Waals surface area contributed by atoms with Crippen molar-refractivity contribution in [2.45, 2.75) is 0 Å². The highest BCUT2D eigenvalue weighted by Gasteiger charge is 2.12. The van der Waals surface area contributed by atoms with Gasteiger partial charge in [0.25, 0.3) is 5.91 Å². The normalized spacial score (nSPS) is 10.4. The number of benzene rings is 3. The molecule has 3 aromatic carbocycles. The van der Waals surface area contributed by atoms with Gasteiger partial charge in [-0.2, -0.15) is 0 Å². The van der Waals surface area contributed by atoms with Gasteiger partial charge in [-0.15, -0.1) is 0 Å². The maximum atomic E-state index is 12.7. The summed E-state index contributed by atoms with van der Waals surface area (Å²) in [7, 11) is 1.53. The van der Waals surface area contributed by atoms with Gasteiger partial charge in [0, 0.05) is 27.8 Å². The molecule has 1 heterocycles. The number of carbonyl (C=O) groups excluding carboxylic acids is 2. The van der Waals surface area contributed by atoms with Crippen LogP contribution in [-0.2, 0) is 0 Å². The summed E-state index contributed by atoms with van der Waals surface area (Å²) in [4.78, 5) is 27.9. The lowest BCUT2D eigenvalue weighted by Crippen LogP contribution is -2.12. The lowest BCUT2D eigenvalue weighted by molar-refractivity contribution is 0.102. The topological polar surface area (TPSA) is 68.3 Å². The molecule has 0 saturated carbocycles. The van der Waals surface area contributed by atoms with E-state index in [2.05, 4.69) is 10.3 Å². The Morgan fingerprint density at radius 2 is 1.72 bits per heavy atom. The van der Waals surface area contributed by atoms with Gasteiger partial charge >= 0.3 is 0 Å². The van der Waals surface area contributed by atoms with Gasteiger partial charge in [0.15, 0.2) is 0 Å². The Labute approximate surface area is 190 Å². The summed E-state index contributed by atoms with van der Waals surface area (Å²) in [5.74, 6) is 0.204. The van der Waals surface area contributed by atoms with E-state index in [0.29, 0.717) is 27.7 Å². The lowest BCUT2D eigenvalue weighted by atomic mass is 9.98. The van der Waals surface area contributed by atoms with Crippen LogP contribution in [0.1, 0.15) is 20.7 Å². The van der Waals surface area contributed by atoms with E-state index in [1.807, 2.05) is 42.5 Å². The fourth-order valence-corrected chi connectivity index (χ4v) is 3.53. The Balaban J connectivity index is 1.57. The van der Waals surface area contributed by atoms with Crippen molar-refractivity contribution in [3.8, 4) is 28.1 Å². The van der Waals surface area contributed by atoms with Crippen LogP contribution in [0, 0.1) is 0 Å². The first-order valence-electron chi connectivity index (χ1n) is 9.84. The third-order valence-corrected chi connectivity index (χ3v) is 5.31. The minimum Gasteiger partial charge on any atom is -0.481 e. The van der Waals surface area contributed by atoms with E-state index in [1.54, 1.807) is 36.4 Å². The Kier molecular flexibility index (Phi) is 6.29. The molecular formula is C26H19ClN2O3. The minimum absolute atomic E-state index is 0.266. The third kappa shape index (κ3) is 4.68. The number of hydrogen-bond donors (Lipinski definition) is 1. The maximum absolute atomic E-state index is 12.7. The molecule has 0 spiro atoms. The quantitative estimate of drug-likeness (QED) is 0.364. The summed E-state index contributed by atoms with van der Waals surface area (Å²) in [5, 5.41) is 3.37. The van der Waals surface area contributed by atoms with Crippen molar-refractivity contribution in [1.82, 2.24) is 4.98 Å². The highest BCUT2D eigenvalue weighted by atomic mass is 35.5. The predicted octanol–water partition coefficient (Wildman–Crippen LogP) is 6.14. The van der Waals surface area contributed by atoms with Gasteiger partial charge in [-0.1, -0.05) is 54.1 Å². The van der Waals surface area contributed by atoms with Crippen molar-refractivity contribution < 1.29 is 14.3 Å². The van der Waals surface area contributed by atoms with E-state index < -0.39 is 0 Å². The molecule has 0 saturated heterocycles. The largest absolute Gasteiger partial charge is 0.481 e. The van der Waals surface area contributed by atoms with E-state index in [1.165, 1.54) is 13.3 Å². The minimum atomic E-state index is -0.266. The van der Waals surface area contributed by atoms with E-state index in [9.17, 15) is 9.59 Å². The second-order valence-corrected chi connectivity index (χ2v) is 7.47. The summed E-state index contributed by atoms with van der Waals surface area (Å²) in [6, 6.07) is 23.8. The molecule has 158 valence electrons. The van der Waals surface area contributed by atoms with Crippen LogP contribution in [0.5, 0.6) is 5.88 Å². The molecule has 5 nitrogen and oxygen atoms in total. The summed E-state index contributed by atoms with van der Waals surface area (Å²) in [5.41, 5.74) is 5.23. The number of aldehydes is 1. The second kappa shape index (κ2) is 9.45. The molecule has 1 aromatic heterocycles. The van der Waals surface area contributed by atoms with E-state index in [0.717, 1.165) is 28.5 Å². The second-order valence-electron chi connectivity index (χ2n) is 7.06. The first kappa shape index (κ1) is 21.3. The van der Waals surface area contributed by atoms with Crippen LogP contribution in [0.3, 0.4) is 0 Å². The fourth-order valence-electron chi connectivity index (χ4n) is 3.30. The van der Waals surface area contributed by atoms with Crippen LogP contribution in [0.2, 0.25) is 5.02 Å². The number of amides is 1. The highest BCUT2D eigenvalue weighted by Crippen LogP contribution is 2.31. The van der Waals surface area contributed by atoms with Crippen LogP contribution in [0.4, 0.5) is 5.69 Å². The number of hydrogen-bond acceptors (Lipinski definition) is 4. The fraction of sp³-hybridized carbons (Fsp3) is 0.0385. The van der Waals surface area contributed by atoms with Crippen molar-refractivity contribution >= 4 is 29.5 Å². The van der Waals surface area contributed by atoms with E-state index in [4.69, 9.17) is 16.3 Å². The van der Waals surface area contributed by atoms with Crippen LogP contribution in [0.15, 0.2) is 85.1 Å². The number of pyridine rings is 1. The average molecular weight is 443 g/mol. The summed E-state index contributed by atoms with van der Waals surface area (Å²) < 4.78 is 5.03. The standard InChI is InChI=1S/C26H19ClN2O3/c1-32-25-12-10-22(15-28-25)29-26(31)21-9-11-24(27)23(14-21)19-7-5-18(6-8-19)20-4-2-3-17(13-20)16-30/h2-16H,1H3,(H,29,31). The molecule has 1 amide bonds. The molecule has 4 aromatic rings. The van der Waals surface area contributed by atoms with Crippen LogP contribution < -0.4 is 10.1 Å². The Hall–Kier alpha value is -3.96. The van der Waals surface area contributed by atoms with Crippen LogP contribution in [0.25, 0.3) is 22.3 Å². The molecule has 6 heteroatoms. The Morgan fingerprint density at radius 3 is 2.41 bits per heavy atom. The maximum Gasteiger partial charge on any atom is 0.255 e. The first-order valence-corrected chi connectivity index (χ1v) is 10.2. The van der Waals surface area contributed by atoms with E-state index >= 15 is 0 Å². The molecule has 0 aliphatic carbocycles. The van der Waals surface area contributed by atoms with Gasteiger partial charge in [-0.3, -0.25) is 9.59 Å². The van der Waals surface area contributed by atoms with Crippen molar-refractivity contribution in [2.75, 3.05) is 12.4 Å². The zero-order valence-corrected chi connectivity index (χ0v) is 18.0. The summed E-state index contributed by atoms with van der Waals surface area (Å²) >= 11 is 6.43. The molecule has 32 heavy (non-hydrogen) atoms. The molecule has 0 radical (unpaired) electrons. The molecule has 0 fully saturated rings. The predicted molar refractivity (Wildman–Crippen MR) is 126 cm³/mol. The molecule has 0 bridgehead atoms. The number of nitrogens with one attached hydrogen (secondary N) is 1. The number of nitrogens with zero attached hydrogens (tertiary/aromatic N) is 1. The van der Waals surface area contributed by atoms with Gasteiger partial charge < -0.3 is 10.1 Å². The SMILES string of the molecule is COc1ccc(NC(=O)c2ccc(Cl)c(-c3ccc(-c4cccc(C=O)c4)cc3)c2)cn1. The average Bonchev–Trinajstić information content (AvgIpc) is 2.85. The number of ether oxygens (including phenoxy) is 1. The number of carbonyl (C=O) groups is 2. The van der Waals surface area contributed by atoms with Gasteiger partial charge in [0.05, 0.1) is 19.0 Å². The molecule has 0 atom stereocenters. The molecular weight excluding hydrogens is 424 g/mol. The molecule has 0 aliphatic rings. The number of halogens is 1. The van der Waals surface area contributed by atoms with Gasteiger partial charge in [-0.05, 0) is 47.0 Å². The number of rotatable bonds is 6. The smallest absolute Gasteiger partial charge is 0.255 e. The van der Waals surface area contributed by atoms with Crippen molar-refractivity contribution in [1.29, 1.82) is 0 Å². The summed E-state index contributed by atoms with van der Waals surface area (Å²) in [6.07, 6.45) is 2.36. The monoisotopic (exact) mass is 442 g/mol. The van der Waals surface area contributed by atoms with Crippen molar-refractivity contribution in [2.24, 2.45) is 0 Å². The number of anilines is 1. The first-order chi connectivity index (χ1) is 15.6. The van der Waals surface area contributed by atoms with Crippen LogP contribution >= 0.6 is 11.6 Å². The van der Waals surface area contributed by atoms with Gasteiger partial charge in [0.1, 0.15) is 6.29 Å². The molecule has 0 aliphatic heterocycles. The number of methoxy groups -OCH3 is 1. The molecule has 0 unspecified atom stereocenters. The van der Waals surface area contributed by atoms with E-state index in [-0.39, 0.29) is 5.91 Å². The Morgan fingerprint density at radius 1 is 0.938 bits per heavy atom. The molecule has 1 N–H and O–H groups in total. The van der Waals surface area contributed by atoms with Crippen molar-refractivity contribution in [3.05, 3.63) is 101 Å². The summed E-state index contributed by atoms with van der Waals surface area (Å²) in [6.45, 7) is 0. The number of aromatic nitrogens is 1. The third-order valence-electron chi connectivity index (χ3n) is 4.98. The lowest BCUT2D eigenvalue weighted by Gasteiger charge is -2.10. The van der Waals surface area contributed by atoms with Crippen LogP contribution in [-0.4, -0.2) is 24.3 Å².